The summed E-state index contributed by atoms with van der Waals surface area (Å²) in [6, 6.07) is 3.25. The first-order valence-corrected chi connectivity index (χ1v) is 9.64. The molecule has 8 nitrogen and oxygen atoms in total. The molecule has 0 bridgehead atoms. The molecule has 0 unspecified atom stereocenters. The van der Waals surface area contributed by atoms with Crippen LogP contribution in [0.15, 0.2) is 23.1 Å². The largest absolute Gasteiger partial charge is 0.351 e. The van der Waals surface area contributed by atoms with Gasteiger partial charge in [0.15, 0.2) is 0 Å². The van der Waals surface area contributed by atoms with Gasteiger partial charge in [0.1, 0.15) is 5.65 Å². The van der Waals surface area contributed by atoms with Crippen LogP contribution in [0.1, 0.15) is 25.7 Å². The predicted octanol–water partition coefficient (Wildman–Crippen LogP) is 0.687. The summed E-state index contributed by atoms with van der Waals surface area (Å²) in [7, 11) is -3.08. The van der Waals surface area contributed by atoms with Gasteiger partial charge in [0.25, 0.3) is 0 Å². The Morgan fingerprint density at radius 1 is 1.17 bits per heavy atom. The number of aromatic nitrogens is 3. The lowest BCUT2D eigenvalue weighted by molar-refractivity contribution is 0.328. The molecule has 128 valence electrons. The summed E-state index contributed by atoms with van der Waals surface area (Å²) in [5.41, 5.74) is 0.291. The van der Waals surface area contributed by atoms with E-state index in [-0.39, 0.29) is 16.9 Å². The standard InChI is InChI=1S/C15H19N5O3S/c21-13-4-1-10-9-16-15(19-14(10)18-13)17-11-5-7-20(8-6-11)24(22,23)12-2-3-12/h1,4,9,11-12H,2-3,5-8H2,(H2,16,17,18,19,21). The second-order valence-electron chi connectivity index (χ2n) is 6.38. The fourth-order valence-corrected chi connectivity index (χ4v) is 4.89. The van der Waals surface area contributed by atoms with E-state index in [4.69, 9.17) is 0 Å². The summed E-state index contributed by atoms with van der Waals surface area (Å²) < 4.78 is 26.1. The molecule has 2 N–H and O–H groups in total. The van der Waals surface area contributed by atoms with Crippen molar-refractivity contribution in [3.8, 4) is 0 Å². The maximum atomic E-state index is 12.2. The van der Waals surface area contributed by atoms with Crippen molar-refractivity contribution in [3.05, 3.63) is 28.7 Å². The number of piperidine rings is 1. The molecule has 1 saturated heterocycles. The van der Waals surface area contributed by atoms with E-state index in [1.54, 1.807) is 16.6 Å². The quantitative estimate of drug-likeness (QED) is 0.841. The van der Waals surface area contributed by atoms with Gasteiger partial charge < -0.3 is 10.3 Å². The van der Waals surface area contributed by atoms with Gasteiger partial charge >= 0.3 is 0 Å². The van der Waals surface area contributed by atoms with Gasteiger partial charge in [-0.05, 0) is 31.7 Å². The van der Waals surface area contributed by atoms with Crippen LogP contribution in [0.2, 0.25) is 0 Å². The number of anilines is 1. The number of hydrogen-bond acceptors (Lipinski definition) is 6. The zero-order valence-corrected chi connectivity index (χ0v) is 13.9. The monoisotopic (exact) mass is 349 g/mol. The molecule has 3 heterocycles. The van der Waals surface area contributed by atoms with Crippen molar-refractivity contribution in [3.63, 3.8) is 0 Å². The van der Waals surface area contributed by atoms with Gasteiger partial charge in [-0.1, -0.05) is 0 Å². The van der Waals surface area contributed by atoms with Gasteiger partial charge in [0.05, 0.1) is 5.25 Å². The van der Waals surface area contributed by atoms with E-state index >= 15 is 0 Å². The fraction of sp³-hybridized carbons (Fsp3) is 0.533. The zero-order valence-electron chi connectivity index (χ0n) is 13.1. The van der Waals surface area contributed by atoms with E-state index in [1.165, 1.54) is 6.07 Å². The van der Waals surface area contributed by atoms with Crippen LogP contribution in [-0.4, -0.2) is 52.1 Å². The molecule has 2 aromatic heterocycles. The Labute approximate surface area is 139 Å². The number of sulfonamides is 1. The Morgan fingerprint density at radius 2 is 1.92 bits per heavy atom. The summed E-state index contributed by atoms with van der Waals surface area (Å²) in [6.45, 7) is 1.06. The first-order chi connectivity index (χ1) is 11.5. The van der Waals surface area contributed by atoms with Crippen LogP contribution in [0.25, 0.3) is 11.0 Å². The summed E-state index contributed by atoms with van der Waals surface area (Å²) in [5.74, 6) is 0.452. The van der Waals surface area contributed by atoms with E-state index in [2.05, 4.69) is 20.3 Å². The van der Waals surface area contributed by atoms with Crippen molar-refractivity contribution in [2.24, 2.45) is 0 Å². The summed E-state index contributed by atoms with van der Waals surface area (Å²) in [6.07, 6.45) is 4.69. The number of H-pyrrole nitrogens is 1. The van der Waals surface area contributed by atoms with E-state index in [0.717, 1.165) is 31.1 Å². The summed E-state index contributed by atoms with van der Waals surface area (Å²) in [4.78, 5) is 22.6. The molecule has 0 spiro atoms. The zero-order chi connectivity index (χ0) is 16.7. The number of nitrogens with zero attached hydrogens (tertiary/aromatic N) is 3. The highest BCUT2D eigenvalue weighted by Crippen LogP contribution is 2.32. The maximum Gasteiger partial charge on any atom is 0.249 e. The molecule has 1 aliphatic carbocycles. The molecule has 1 saturated carbocycles. The lowest BCUT2D eigenvalue weighted by Crippen LogP contribution is -2.43. The summed E-state index contributed by atoms with van der Waals surface area (Å²) in [5, 5.41) is 3.86. The van der Waals surface area contributed by atoms with Crippen molar-refractivity contribution in [2.75, 3.05) is 18.4 Å². The molecular formula is C15H19N5O3S. The van der Waals surface area contributed by atoms with E-state index < -0.39 is 10.0 Å². The number of aromatic amines is 1. The van der Waals surface area contributed by atoms with Crippen molar-refractivity contribution < 1.29 is 8.42 Å². The molecule has 2 aliphatic rings. The Balaban J connectivity index is 1.42. The minimum Gasteiger partial charge on any atom is -0.351 e. The molecule has 9 heteroatoms. The van der Waals surface area contributed by atoms with Crippen LogP contribution in [0.4, 0.5) is 5.95 Å². The molecule has 0 atom stereocenters. The number of rotatable bonds is 4. The summed E-state index contributed by atoms with van der Waals surface area (Å²) >= 11 is 0. The van der Waals surface area contributed by atoms with Crippen molar-refractivity contribution in [1.29, 1.82) is 0 Å². The molecule has 0 aromatic carbocycles. The van der Waals surface area contributed by atoms with Crippen LogP contribution in [0.3, 0.4) is 0 Å². The Hall–Kier alpha value is -2.00. The number of hydrogen-bond donors (Lipinski definition) is 2. The van der Waals surface area contributed by atoms with Crippen LogP contribution >= 0.6 is 0 Å². The minimum atomic E-state index is -3.08. The Morgan fingerprint density at radius 3 is 2.62 bits per heavy atom. The van der Waals surface area contributed by atoms with Gasteiger partial charge in [-0.2, -0.15) is 4.98 Å². The molecule has 1 aliphatic heterocycles. The van der Waals surface area contributed by atoms with Crippen molar-refractivity contribution in [2.45, 2.75) is 37.0 Å². The number of nitrogens with one attached hydrogen (secondary N) is 2. The Bertz CT molecular complexity index is 914. The molecule has 2 fully saturated rings. The van der Waals surface area contributed by atoms with Crippen LogP contribution in [-0.2, 0) is 10.0 Å². The van der Waals surface area contributed by atoms with Gasteiger partial charge in [0.2, 0.25) is 21.5 Å². The highest BCUT2D eigenvalue weighted by molar-refractivity contribution is 7.90. The lowest BCUT2D eigenvalue weighted by atomic mass is 10.1. The third-order valence-corrected chi connectivity index (χ3v) is 6.96. The first kappa shape index (κ1) is 15.5. The van der Waals surface area contributed by atoms with Crippen LogP contribution in [0, 0.1) is 0 Å². The van der Waals surface area contributed by atoms with E-state index in [9.17, 15) is 13.2 Å². The average molecular weight is 349 g/mol. The van der Waals surface area contributed by atoms with Crippen molar-refractivity contribution >= 4 is 27.0 Å². The van der Waals surface area contributed by atoms with E-state index in [0.29, 0.717) is 24.7 Å². The molecule has 4 rings (SSSR count). The topological polar surface area (TPSA) is 108 Å². The number of pyridine rings is 1. The normalized spacial score (nSPS) is 20.3. The maximum absolute atomic E-state index is 12.2. The Kier molecular flexibility index (Phi) is 3.76. The van der Waals surface area contributed by atoms with Gasteiger partial charge in [0, 0.05) is 36.8 Å². The van der Waals surface area contributed by atoms with E-state index in [1.807, 2.05) is 0 Å². The average Bonchev–Trinajstić information content (AvgIpc) is 3.40. The smallest absolute Gasteiger partial charge is 0.249 e. The molecule has 0 amide bonds. The van der Waals surface area contributed by atoms with Crippen molar-refractivity contribution in [1.82, 2.24) is 19.3 Å². The third kappa shape index (κ3) is 3.01. The fourth-order valence-electron chi connectivity index (χ4n) is 3.02. The van der Waals surface area contributed by atoms with Gasteiger partial charge in [-0.3, -0.25) is 4.79 Å². The molecule has 0 radical (unpaired) electrons. The first-order valence-electron chi connectivity index (χ1n) is 8.14. The molecule has 2 aromatic rings. The highest BCUT2D eigenvalue weighted by atomic mass is 32.2. The predicted molar refractivity (Wildman–Crippen MR) is 90.3 cm³/mol. The number of fused-ring (bicyclic) bond motifs is 1. The molecule has 24 heavy (non-hydrogen) atoms. The lowest BCUT2D eigenvalue weighted by Gasteiger charge is -2.31. The van der Waals surface area contributed by atoms with Crippen LogP contribution in [0.5, 0.6) is 0 Å². The SMILES string of the molecule is O=c1ccc2cnc(NC3CCN(S(=O)(=O)C4CC4)CC3)nc2[nH]1. The van der Waals surface area contributed by atoms with Gasteiger partial charge in [-0.15, -0.1) is 0 Å². The van der Waals surface area contributed by atoms with Crippen LogP contribution < -0.4 is 10.9 Å². The second kappa shape index (κ2) is 5.82. The minimum absolute atomic E-state index is 0.128. The highest BCUT2D eigenvalue weighted by Gasteiger charge is 2.41. The second-order valence-corrected chi connectivity index (χ2v) is 8.60. The third-order valence-electron chi connectivity index (χ3n) is 4.57. The van der Waals surface area contributed by atoms with Gasteiger partial charge in [-0.25, -0.2) is 17.7 Å². The molecular weight excluding hydrogens is 330 g/mol.